The quantitative estimate of drug-likeness (QED) is 0.817. The van der Waals surface area contributed by atoms with Crippen molar-refractivity contribution in [3.63, 3.8) is 0 Å². The van der Waals surface area contributed by atoms with E-state index in [2.05, 4.69) is 0 Å². The zero-order valence-electron chi connectivity index (χ0n) is 12.0. The van der Waals surface area contributed by atoms with Crippen molar-refractivity contribution in [1.29, 1.82) is 0 Å². The van der Waals surface area contributed by atoms with E-state index in [-0.39, 0.29) is 13.0 Å². The molecule has 0 aliphatic rings. The first-order valence-electron chi connectivity index (χ1n) is 6.71. The lowest BCUT2D eigenvalue weighted by molar-refractivity contribution is -0.168. The van der Waals surface area contributed by atoms with Gasteiger partial charge in [-0.05, 0) is 31.0 Å². The molecule has 0 saturated heterocycles. The maximum absolute atomic E-state index is 13.3. The number of rotatable bonds is 6. The number of esters is 1. The molecule has 5 heteroatoms. The Morgan fingerprint density at radius 3 is 2.50 bits per heavy atom. The van der Waals surface area contributed by atoms with Gasteiger partial charge in [-0.25, -0.2) is 13.6 Å². The Morgan fingerprint density at radius 2 is 2.00 bits per heavy atom. The molecular formula is C15H20F2O3. The molecule has 0 saturated carbocycles. The number of carbonyl (C=O) groups excluding carboxylic acids is 1. The van der Waals surface area contributed by atoms with E-state index in [9.17, 15) is 18.7 Å². The summed E-state index contributed by atoms with van der Waals surface area (Å²) in [5.74, 6) is -3.40. The fraction of sp³-hybridized carbons (Fsp3) is 0.533. The van der Waals surface area contributed by atoms with Crippen molar-refractivity contribution in [2.24, 2.45) is 0 Å². The lowest BCUT2D eigenvalue weighted by Crippen LogP contribution is -2.44. The second kappa shape index (κ2) is 6.79. The standard InChI is InChI=1S/C15H20F2O3/c1-4-8-15(19,14(18)20-5-2)10(3)11-6-7-12(16)13(17)9-11/h6-7,9-10,19H,4-5,8H2,1-3H3. The molecule has 112 valence electrons. The van der Waals surface area contributed by atoms with Gasteiger partial charge in [-0.1, -0.05) is 26.3 Å². The second-order valence-electron chi connectivity index (χ2n) is 4.79. The summed E-state index contributed by atoms with van der Waals surface area (Å²) in [6.45, 7) is 5.21. The van der Waals surface area contributed by atoms with Gasteiger partial charge >= 0.3 is 5.97 Å². The van der Waals surface area contributed by atoms with E-state index >= 15 is 0 Å². The molecule has 0 radical (unpaired) electrons. The number of halogens is 2. The topological polar surface area (TPSA) is 46.5 Å². The molecule has 0 spiro atoms. The van der Waals surface area contributed by atoms with Gasteiger partial charge in [0.2, 0.25) is 0 Å². The van der Waals surface area contributed by atoms with Gasteiger partial charge in [0.1, 0.15) is 0 Å². The zero-order chi connectivity index (χ0) is 15.3. The Labute approximate surface area is 117 Å². The van der Waals surface area contributed by atoms with Crippen LogP contribution in [0.15, 0.2) is 18.2 Å². The fourth-order valence-corrected chi connectivity index (χ4v) is 2.19. The number of hydrogen-bond donors (Lipinski definition) is 1. The highest BCUT2D eigenvalue weighted by Gasteiger charge is 2.43. The maximum atomic E-state index is 13.3. The number of ether oxygens (including phenoxy) is 1. The summed E-state index contributed by atoms with van der Waals surface area (Å²) in [4.78, 5) is 12.0. The number of benzene rings is 1. The van der Waals surface area contributed by atoms with Crippen LogP contribution in [-0.2, 0) is 9.53 Å². The third-order valence-electron chi connectivity index (χ3n) is 3.42. The molecule has 1 aromatic carbocycles. The summed E-state index contributed by atoms with van der Waals surface area (Å²) >= 11 is 0. The lowest BCUT2D eigenvalue weighted by Gasteiger charge is -2.32. The van der Waals surface area contributed by atoms with Crippen LogP contribution in [0.1, 0.15) is 45.1 Å². The highest BCUT2D eigenvalue weighted by atomic mass is 19.2. The molecule has 0 aromatic heterocycles. The van der Waals surface area contributed by atoms with E-state index in [1.165, 1.54) is 6.07 Å². The first kappa shape index (κ1) is 16.6. The van der Waals surface area contributed by atoms with Crippen molar-refractivity contribution in [2.45, 2.75) is 45.1 Å². The van der Waals surface area contributed by atoms with Gasteiger partial charge in [0, 0.05) is 5.92 Å². The third-order valence-corrected chi connectivity index (χ3v) is 3.42. The first-order valence-corrected chi connectivity index (χ1v) is 6.71. The van der Waals surface area contributed by atoms with E-state index in [0.717, 1.165) is 12.1 Å². The molecular weight excluding hydrogens is 266 g/mol. The van der Waals surface area contributed by atoms with Crippen LogP contribution in [0.2, 0.25) is 0 Å². The van der Waals surface area contributed by atoms with E-state index in [1.54, 1.807) is 13.8 Å². The number of aliphatic hydroxyl groups is 1. The van der Waals surface area contributed by atoms with Crippen molar-refractivity contribution in [3.8, 4) is 0 Å². The Morgan fingerprint density at radius 1 is 1.35 bits per heavy atom. The molecule has 20 heavy (non-hydrogen) atoms. The van der Waals surface area contributed by atoms with E-state index in [1.807, 2.05) is 6.92 Å². The Bertz CT molecular complexity index is 476. The van der Waals surface area contributed by atoms with Gasteiger partial charge in [-0.15, -0.1) is 0 Å². The first-order chi connectivity index (χ1) is 9.36. The highest BCUT2D eigenvalue weighted by molar-refractivity contribution is 5.80. The average Bonchev–Trinajstić information content (AvgIpc) is 2.41. The van der Waals surface area contributed by atoms with Crippen LogP contribution in [0.25, 0.3) is 0 Å². The van der Waals surface area contributed by atoms with Gasteiger partial charge in [-0.3, -0.25) is 0 Å². The van der Waals surface area contributed by atoms with Crippen molar-refractivity contribution < 1.29 is 23.4 Å². The molecule has 0 heterocycles. The predicted octanol–water partition coefficient (Wildman–Crippen LogP) is 3.16. The maximum Gasteiger partial charge on any atom is 0.338 e. The molecule has 0 aliphatic heterocycles. The van der Waals surface area contributed by atoms with Crippen molar-refractivity contribution in [3.05, 3.63) is 35.4 Å². The molecule has 0 fully saturated rings. The van der Waals surface area contributed by atoms with Crippen LogP contribution in [0.5, 0.6) is 0 Å². The van der Waals surface area contributed by atoms with Crippen LogP contribution in [0.3, 0.4) is 0 Å². The van der Waals surface area contributed by atoms with E-state index in [0.29, 0.717) is 12.0 Å². The summed E-state index contributed by atoms with van der Waals surface area (Å²) < 4.78 is 31.1. The molecule has 1 rings (SSSR count). The molecule has 1 aromatic rings. The Hall–Kier alpha value is -1.49. The van der Waals surface area contributed by atoms with Crippen LogP contribution < -0.4 is 0 Å². The molecule has 0 aliphatic carbocycles. The third kappa shape index (κ3) is 3.33. The zero-order valence-corrected chi connectivity index (χ0v) is 12.0. The van der Waals surface area contributed by atoms with Gasteiger partial charge in [-0.2, -0.15) is 0 Å². The van der Waals surface area contributed by atoms with Crippen LogP contribution >= 0.6 is 0 Å². The van der Waals surface area contributed by atoms with Crippen LogP contribution in [0, 0.1) is 11.6 Å². The van der Waals surface area contributed by atoms with Gasteiger partial charge < -0.3 is 9.84 Å². The average molecular weight is 286 g/mol. The summed E-state index contributed by atoms with van der Waals surface area (Å²) in [6.07, 6.45) is 0.745. The summed E-state index contributed by atoms with van der Waals surface area (Å²) in [6, 6.07) is 3.35. The molecule has 0 bridgehead atoms. The van der Waals surface area contributed by atoms with E-state index < -0.39 is 29.1 Å². The molecule has 2 atom stereocenters. The monoisotopic (exact) mass is 286 g/mol. The summed E-state index contributed by atoms with van der Waals surface area (Å²) in [7, 11) is 0. The second-order valence-corrected chi connectivity index (χ2v) is 4.79. The van der Waals surface area contributed by atoms with Crippen LogP contribution in [-0.4, -0.2) is 23.3 Å². The minimum absolute atomic E-state index is 0.148. The molecule has 1 N–H and O–H groups in total. The summed E-state index contributed by atoms with van der Waals surface area (Å²) in [5, 5.41) is 10.6. The highest BCUT2D eigenvalue weighted by Crippen LogP contribution is 2.33. The molecule has 2 unspecified atom stereocenters. The van der Waals surface area contributed by atoms with E-state index in [4.69, 9.17) is 4.74 Å². The Kier molecular flexibility index (Phi) is 5.62. The minimum atomic E-state index is -1.74. The summed E-state index contributed by atoms with van der Waals surface area (Å²) in [5.41, 5.74) is -1.39. The minimum Gasteiger partial charge on any atom is -0.464 e. The predicted molar refractivity (Wildman–Crippen MR) is 71.3 cm³/mol. The Balaban J connectivity index is 3.12. The van der Waals surface area contributed by atoms with Crippen molar-refractivity contribution in [1.82, 2.24) is 0 Å². The SMILES string of the molecule is CCCC(O)(C(=O)OCC)C(C)c1ccc(F)c(F)c1. The van der Waals surface area contributed by atoms with Gasteiger partial charge in [0.15, 0.2) is 17.2 Å². The van der Waals surface area contributed by atoms with Gasteiger partial charge in [0.25, 0.3) is 0 Å². The normalized spacial score (nSPS) is 15.5. The smallest absolute Gasteiger partial charge is 0.338 e. The largest absolute Gasteiger partial charge is 0.464 e. The van der Waals surface area contributed by atoms with Gasteiger partial charge in [0.05, 0.1) is 6.61 Å². The lowest BCUT2D eigenvalue weighted by atomic mass is 9.80. The number of hydrogen-bond acceptors (Lipinski definition) is 3. The fourth-order valence-electron chi connectivity index (χ4n) is 2.19. The molecule has 3 nitrogen and oxygen atoms in total. The van der Waals surface area contributed by atoms with Crippen molar-refractivity contribution in [2.75, 3.05) is 6.61 Å². The molecule has 0 amide bonds. The number of carbonyl (C=O) groups is 1. The van der Waals surface area contributed by atoms with Crippen LogP contribution in [0.4, 0.5) is 8.78 Å². The van der Waals surface area contributed by atoms with Crippen molar-refractivity contribution >= 4 is 5.97 Å².